The van der Waals surface area contributed by atoms with E-state index in [1.807, 2.05) is 42.2 Å². The van der Waals surface area contributed by atoms with E-state index in [0.29, 0.717) is 19.5 Å². The minimum atomic E-state index is -0.0875. The van der Waals surface area contributed by atoms with Gasteiger partial charge in [0.2, 0.25) is 5.91 Å². The van der Waals surface area contributed by atoms with E-state index in [1.54, 1.807) is 0 Å². The van der Waals surface area contributed by atoms with Crippen LogP contribution in [0.3, 0.4) is 0 Å². The van der Waals surface area contributed by atoms with Gasteiger partial charge < -0.3 is 9.74 Å². The first-order valence-corrected chi connectivity index (χ1v) is 8.77. The van der Waals surface area contributed by atoms with Crippen molar-refractivity contribution >= 4 is 11.6 Å². The number of carbonyl (C=O) groups is 1. The fourth-order valence-electron chi connectivity index (χ4n) is 2.97. The summed E-state index contributed by atoms with van der Waals surface area (Å²) in [7, 11) is 0. The van der Waals surface area contributed by atoms with Crippen LogP contribution in [0.4, 0.5) is 0 Å². The Morgan fingerprint density at radius 3 is 2.56 bits per heavy atom. The Labute approximate surface area is 149 Å². The third kappa shape index (κ3) is 4.47. The molecule has 0 saturated heterocycles. The number of hydrogen-bond acceptors (Lipinski definition) is 3. The first-order valence-electron chi connectivity index (χ1n) is 8.77. The van der Waals surface area contributed by atoms with Crippen LogP contribution in [-0.2, 0) is 16.2 Å². The first-order chi connectivity index (χ1) is 12.2. The topological polar surface area (TPSA) is 41.9 Å². The van der Waals surface area contributed by atoms with Crippen molar-refractivity contribution in [3.63, 3.8) is 0 Å². The normalized spacial score (nSPS) is 16.2. The molecule has 25 heavy (non-hydrogen) atoms. The van der Waals surface area contributed by atoms with Crippen LogP contribution in [0, 0.1) is 6.92 Å². The van der Waals surface area contributed by atoms with Gasteiger partial charge in [-0.3, -0.25) is 4.79 Å². The molecule has 1 aliphatic rings. The molecule has 2 aromatic rings. The lowest BCUT2D eigenvalue weighted by atomic mass is 10.0. The van der Waals surface area contributed by atoms with E-state index >= 15 is 0 Å². The zero-order valence-corrected chi connectivity index (χ0v) is 14.8. The Morgan fingerprint density at radius 2 is 1.88 bits per heavy atom. The quantitative estimate of drug-likeness (QED) is 0.802. The molecule has 0 saturated carbocycles. The van der Waals surface area contributed by atoms with Crippen LogP contribution in [-0.4, -0.2) is 29.2 Å². The molecule has 4 heteroatoms. The number of aryl methyl sites for hydroxylation is 1. The molecule has 1 atom stereocenters. The molecule has 0 aliphatic carbocycles. The highest BCUT2D eigenvalue weighted by molar-refractivity contribution is 6.01. The minimum Gasteiger partial charge on any atom is -0.390 e. The summed E-state index contributed by atoms with van der Waals surface area (Å²) in [5.74, 6) is 0.135. The van der Waals surface area contributed by atoms with Crippen LogP contribution in [0.2, 0.25) is 0 Å². The van der Waals surface area contributed by atoms with Crippen molar-refractivity contribution in [2.75, 3.05) is 6.54 Å². The monoisotopic (exact) mass is 336 g/mol. The maximum atomic E-state index is 12.3. The highest BCUT2D eigenvalue weighted by atomic mass is 16.6. The van der Waals surface area contributed by atoms with E-state index in [4.69, 9.17) is 4.84 Å². The van der Waals surface area contributed by atoms with Gasteiger partial charge in [0, 0.05) is 19.4 Å². The summed E-state index contributed by atoms with van der Waals surface area (Å²) in [6, 6.07) is 18.3. The van der Waals surface area contributed by atoms with Crippen LogP contribution < -0.4 is 0 Å². The standard InChI is InChI=1S/C21H24N2O2/c1-3-21(24)23(14-17-7-5-4-6-8-17)15-19-13-20(22-25-19)18-11-9-16(2)10-12-18/h4-12,19H,3,13-15H2,1-2H3/t19-/m1/s1. The van der Waals surface area contributed by atoms with Gasteiger partial charge in [0.15, 0.2) is 6.10 Å². The Balaban J connectivity index is 1.63. The molecule has 0 radical (unpaired) electrons. The number of amides is 1. The van der Waals surface area contributed by atoms with Crippen LogP contribution in [0.5, 0.6) is 0 Å². The van der Waals surface area contributed by atoms with Gasteiger partial charge in [-0.25, -0.2) is 0 Å². The van der Waals surface area contributed by atoms with E-state index in [1.165, 1.54) is 5.56 Å². The molecule has 1 aliphatic heterocycles. The largest absolute Gasteiger partial charge is 0.390 e. The predicted octanol–water partition coefficient (Wildman–Crippen LogP) is 3.93. The zero-order valence-electron chi connectivity index (χ0n) is 14.8. The van der Waals surface area contributed by atoms with Crippen LogP contribution in [0.1, 0.15) is 36.5 Å². The molecule has 4 nitrogen and oxygen atoms in total. The molecular formula is C21H24N2O2. The molecule has 0 fully saturated rings. The second-order valence-electron chi connectivity index (χ2n) is 6.45. The number of oxime groups is 1. The Bertz CT molecular complexity index is 738. The van der Waals surface area contributed by atoms with Gasteiger partial charge in [-0.1, -0.05) is 72.2 Å². The molecule has 0 spiro atoms. The van der Waals surface area contributed by atoms with Crippen LogP contribution in [0.15, 0.2) is 59.8 Å². The third-order valence-electron chi connectivity index (χ3n) is 4.41. The van der Waals surface area contributed by atoms with Crippen LogP contribution in [0.25, 0.3) is 0 Å². The van der Waals surface area contributed by atoms with Gasteiger partial charge in [0.05, 0.1) is 12.3 Å². The summed E-state index contributed by atoms with van der Waals surface area (Å²) in [5, 5.41) is 4.24. The highest BCUT2D eigenvalue weighted by Crippen LogP contribution is 2.19. The lowest BCUT2D eigenvalue weighted by Crippen LogP contribution is -2.36. The molecule has 1 heterocycles. The van der Waals surface area contributed by atoms with Crippen molar-refractivity contribution in [2.24, 2.45) is 5.16 Å². The van der Waals surface area contributed by atoms with Crippen molar-refractivity contribution in [3.8, 4) is 0 Å². The summed E-state index contributed by atoms with van der Waals surface area (Å²) in [6.45, 7) is 5.12. The second kappa shape index (κ2) is 7.97. The molecule has 2 aromatic carbocycles. The molecule has 3 rings (SSSR count). The van der Waals surface area contributed by atoms with Crippen molar-refractivity contribution in [3.05, 3.63) is 71.3 Å². The number of carbonyl (C=O) groups excluding carboxylic acids is 1. The molecule has 0 unspecified atom stereocenters. The molecule has 0 aromatic heterocycles. The smallest absolute Gasteiger partial charge is 0.222 e. The van der Waals surface area contributed by atoms with Gasteiger partial charge >= 0.3 is 0 Å². The Hall–Kier alpha value is -2.62. The number of hydrogen-bond donors (Lipinski definition) is 0. The summed E-state index contributed by atoms with van der Waals surface area (Å²) in [6.07, 6.45) is 1.13. The predicted molar refractivity (Wildman–Crippen MR) is 99.4 cm³/mol. The van der Waals surface area contributed by atoms with Crippen molar-refractivity contribution in [2.45, 2.75) is 39.3 Å². The van der Waals surface area contributed by atoms with Crippen molar-refractivity contribution < 1.29 is 9.63 Å². The van der Waals surface area contributed by atoms with Gasteiger partial charge in [-0.2, -0.15) is 0 Å². The van der Waals surface area contributed by atoms with E-state index in [2.05, 4.69) is 36.3 Å². The molecule has 130 valence electrons. The van der Waals surface area contributed by atoms with Gasteiger partial charge in [0.1, 0.15) is 0 Å². The molecule has 1 amide bonds. The summed E-state index contributed by atoms with van der Waals surface area (Å²) < 4.78 is 0. The average molecular weight is 336 g/mol. The fraction of sp³-hybridized carbons (Fsp3) is 0.333. The molecule has 0 bridgehead atoms. The summed E-state index contributed by atoms with van der Waals surface area (Å²) >= 11 is 0. The van der Waals surface area contributed by atoms with E-state index in [0.717, 1.165) is 23.3 Å². The van der Waals surface area contributed by atoms with E-state index in [-0.39, 0.29) is 12.0 Å². The lowest BCUT2D eigenvalue weighted by molar-refractivity contribution is -0.133. The second-order valence-corrected chi connectivity index (χ2v) is 6.45. The summed E-state index contributed by atoms with van der Waals surface area (Å²) in [5.41, 5.74) is 4.39. The summed E-state index contributed by atoms with van der Waals surface area (Å²) in [4.78, 5) is 19.8. The number of benzene rings is 2. The lowest BCUT2D eigenvalue weighted by Gasteiger charge is -2.24. The number of rotatable bonds is 6. The SMILES string of the molecule is CCC(=O)N(Cc1ccccc1)C[C@H]1CC(c2ccc(C)cc2)=NO1. The maximum Gasteiger partial charge on any atom is 0.222 e. The molecule has 0 N–H and O–H groups in total. The van der Waals surface area contributed by atoms with E-state index in [9.17, 15) is 4.79 Å². The minimum absolute atomic E-state index is 0.0875. The first kappa shape index (κ1) is 17.2. The van der Waals surface area contributed by atoms with Crippen LogP contribution >= 0.6 is 0 Å². The maximum absolute atomic E-state index is 12.3. The van der Waals surface area contributed by atoms with E-state index < -0.39 is 0 Å². The third-order valence-corrected chi connectivity index (χ3v) is 4.41. The van der Waals surface area contributed by atoms with Gasteiger partial charge in [-0.05, 0) is 18.1 Å². The average Bonchev–Trinajstić information content (AvgIpc) is 3.10. The highest BCUT2D eigenvalue weighted by Gasteiger charge is 2.26. The zero-order chi connectivity index (χ0) is 17.6. The Morgan fingerprint density at radius 1 is 1.16 bits per heavy atom. The van der Waals surface area contributed by atoms with Crippen molar-refractivity contribution in [1.29, 1.82) is 0 Å². The van der Waals surface area contributed by atoms with Gasteiger partial charge in [0.25, 0.3) is 0 Å². The van der Waals surface area contributed by atoms with Crippen molar-refractivity contribution in [1.82, 2.24) is 4.90 Å². The van der Waals surface area contributed by atoms with Gasteiger partial charge in [-0.15, -0.1) is 0 Å². The number of nitrogens with zero attached hydrogens (tertiary/aromatic N) is 2. The Kier molecular flexibility index (Phi) is 5.49. The molecular weight excluding hydrogens is 312 g/mol. The fourth-order valence-corrected chi connectivity index (χ4v) is 2.97.